The van der Waals surface area contributed by atoms with E-state index in [1.807, 2.05) is 0 Å². The summed E-state index contributed by atoms with van der Waals surface area (Å²) in [6.45, 7) is 1.92. The van der Waals surface area contributed by atoms with E-state index in [0.29, 0.717) is 11.3 Å². The van der Waals surface area contributed by atoms with E-state index in [-0.39, 0.29) is 17.9 Å². The second-order valence-electron chi connectivity index (χ2n) is 5.34. The second-order valence-corrected chi connectivity index (χ2v) is 5.34. The fraction of sp³-hybridized carbons (Fsp3) is 0.118. The van der Waals surface area contributed by atoms with Crippen LogP contribution in [0.25, 0.3) is 6.08 Å². The number of carbonyl (C=O) groups excluding carboxylic acids is 3. The van der Waals surface area contributed by atoms with Gasteiger partial charge in [-0.15, -0.1) is 0 Å². The molecule has 2 amide bonds. The Morgan fingerprint density at radius 3 is 2.56 bits per heavy atom. The van der Waals surface area contributed by atoms with Gasteiger partial charge in [0.1, 0.15) is 16.3 Å². The number of anilines is 1. The maximum absolute atomic E-state index is 12.5. The summed E-state index contributed by atoms with van der Waals surface area (Å²) >= 11 is 0. The summed E-state index contributed by atoms with van der Waals surface area (Å²) in [4.78, 5) is 46.1. The summed E-state index contributed by atoms with van der Waals surface area (Å²) in [5.74, 6) is -2.35. The lowest BCUT2D eigenvalue weighted by atomic mass is 10.2. The van der Waals surface area contributed by atoms with Crippen molar-refractivity contribution >= 4 is 35.4 Å². The fourth-order valence-corrected chi connectivity index (χ4v) is 2.36. The van der Waals surface area contributed by atoms with Gasteiger partial charge in [0.05, 0.1) is 23.9 Å². The van der Waals surface area contributed by atoms with Crippen molar-refractivity contribution in [3.05, 3.63) is 63.4 Å². The van der Waals surface area contributed by atoms with Crippen LogP contribution in [0.5, 0.6) is 0 Å². The lowest BCUT2D eigenvalue weighted by Gasteiger charge is -2.14. The third kappa shape index (κ3) is 3.54. The Kier molecular flexibility index (Phi) is 4.71. The first-order valence-electron chi connectivity index (χ1n) is 7.79. The van der Waals surface area contributed by atoms with Crippen LogP contribution in [0.15, 0.2) is 46.4 Å². The zero-order valence-electron chi connectivity index (χ0n) is 14.0. The molecule has 3 rings (SSSR count). The number of ether oxygens (including phenoxy) is 1. The summed E-state index contributed by atoms with van der Waals surface area (Å²) < 4.78 is 9.81. The fourth-order valence-electron chi connectivity index (χ4n) is 2.36. The van der Waals surface area contributed by atoms with E-state index in [1.165, 1.54) is 30.3 Å². The maximum Gasteiger partial charge on any atom is 0.433 e. The molecule has 0 unspecified atom stereocenters. The summed E-state index contributed by atoms with van der Waals surface area (Å²) in [5.41, 5.74) is 2.77. The smallest absolute Gasteiger partial charge is 0.433 e. The van der Waals surface area contributed by atoms with Gasteiger partial charge in [0, 0.05) is 0 Å². The Morgan fingerprint density at radius 2 is 1.96 bits per heavy atom. The largest absolute Gasteiger partial charge is 0.462 e. The van der Waals surface area contributed by atoms with Crippen molar-refractivity contribution in [1.82, 2.24) is 5.43 Å². The molecule has 0 spiro atoms. The van der Waals surface area contributed by atoms with Gasteiger partial charge in [0.2, 0.25) is 0 Å². The molecule has 10 nitrogen and oxygen atoms in total. The van der Waals surface area contributed by atoms with E-state index in [2.05, 4.69) is 5.43 Å². The number of furan rings is 1. The lowest BCUT2D eigenvalue weighted by Crippen LogP contribution is -2.35. The second kappa shape index (κ2) is 7.12. The minimum absolute atomic E-state index is 0.000269. The first-order valence-corrected chi connectivity index (χ1v) is 7.79. The zero-order chi connectivity index (χ0) is 19.6. The van der Waals surface area contributed by atoms with Gasteiger partial charge in [-0.2, -0.15) is 0 Å². The van der Waals surface area contributed by atoms with Crippen LogP contribution in [-0.4, -0.2) is 29.3 Å². The molecular weight excluding hydrogens is 358 g/mol. The van der Waals surface area contributed by atoms with Gasteiger partial charge in [-0.05, 0) is 43.3 Å². The van der Waals surface area contributed by atoms with E-state index in [9.17, 15) is 24.5 Å². The number of rotatable bonds is 5. The number of benzene rings is 1. The number of hydrazine groups is 1. The van der Waals surface area contributed by atoms with Crippen LogP contribution < -0.4 is 10.4 Å². The highest BCUT2D eigenvalue weighted by Gasteiger charge is 2.35. The van der Waals surface area contributed by atoms with E-state index in [0.717, 1.165) is 17.2 Å². The van der Waals surface area contributed by atoms with Crippen LogP contribution in [0.4, 0.5) is 11.6 Å². The summed E-state index contributed by atoms with van der Waals surface area (Å²) in [7, 11) is 0. The van der Waals surface area contributed by atoms with Crippen molar-refractivity contribution in [2.45, 2.75) is 6.92 Å². The van der Waals surface area contributed by atoms with Gasteiger partial charge in [0.15, 0.2) is 0 Å². The number of esters is 1. The van der Waals surface area contributed by atoms with Crippen molar-refractivity contribution < 1.29 is 28.5 Å². The number of carbonyl (C=O) groups is 3. The average molecular weight is 371 g/mol. The predicted molar refractivity (Wildman–Crippen MR) is 91.4 cm³/mol. The quantitative estimate of drug-likeness (QED) is 0.279. The molecule has 1 aromatic carbocycles. The Labute approximate surface area is 152 Å². The van der Waals surface area contributed by atoms with E-state index in [4.69, 9.17) is 9.15 Å². The zero-order valence-corrected chi connectivity index (χ0v) is 14.0. The molecule has 1 N–H and O–H groups in total. The standard InChI is InChI=1S/C17H13N3O7/c1-2-26-17(23)10-3-5-11(6-4-10)19-16(22)13(15(21)18-19)9-12-7-8-14(27-12)20(24)25/h3-9H,2H2,1H3,(H,18,21)/b13-9-. The minimum Gasteiger partial charge on any atom is -0.462 e. The molecule has 1 aliphatic rings. The summed E-state index contributed by atoms with van der Waals surface area (Å²) in [6.07, 6.45) is 1.12. The highest BCUT2D eigenvalue weighted by Crippen LogP contribution is 2.24. The third-order valence-corrected chi connectivity index (χ3v) is 3.61. The molecule has 0 aliphatic carbocycles. The van der Waals surface area contributed by atoms with Gasteiger partial charge in [-0.25, -0.2) is 9.80 Å². The lowest BCUT2D eigenvalue weighted by molar-refractivity contribution is -0.402. The van der Waals surface area contributed by atoms with Gasteiger partial charge in [-0.1, -0.05) is 0 Å². The highest BCUT2D eigenvalue weighted by molar-refractivity contribution is 6.31. The number of amides is 2. The van der Waals surface area contributed by atoms with Crippen LogP contribution >= 0.6 is 0 Å². The first-order chi connectivity index (χ1) is 12.9. The van der Waals surface area contributed by atoms with Gasteiger partial charge < -0.3 is 9.15 Å². The molecule has 10 heteroatoms. The Morgan fingerprint density at radius 1 is 1.26 bits per heavy atom. The van der Waals surface area contributed by atoms with Crippen molar-refractivity contribution in [1.29, 1.82) is 0 Å². The molecule has 1 fully saturated rings. The normalized spacial score (nSPS) is 15.1. The Balaban J connectivity index is 1.82. The van der Waals surface area contributed by atoms with Gasteiger partial charge in [0.25, 0.3) is 11.8 Å². The molecule has 27 heavy (non-hydrogen) atoms. The molecule has 0 atom stereocenters. The maximum atomic E-state index is 12.5. The van der Waals surface area contributed by atoms with Crippen molar-refractivity contribution in [3.63, 3.8) is 0 Å². The number of nitrogens with one attached hydrogen (secondary N) is 1. The van der Waals surface area contributed by atoms with Gasteiger partial charge >= 0.3 is 11.9 Å². The first kappa shape index (κ1) is 17.9. The Bertz CT molecular complexity index is 959. The van der Waals surface area contributed by atoms with E-state index in [1.54, 1.807) is 6.92 Å². The number of hydrogen-bond acceptors (Lipinski definition) is 7. The highest BCUT2D eigenvalue weighted by atomic mass is 16.6. The van der Waals surface area contributed by atoms with E-state index >= 15 is 0 Å². The van der Waals surface area contributed by atoms with Crippen LogP contribution in [0.3, 0.4) is 0 Å². The predicted octanol–water partition coefficient (Wildman–Crippen LogP) is 1.83. The number of nitro groups is 1. The number of hydrogen-bond donors (Lipinski definition) is 1. The van der Waals surface area contributed by atoms with Gasteiger partial charge in [-0.3, -0.25) is 25.1 Å². The summed E-state index contributed by atoms with van der Waals surface area (Å²) in [6, 6.07) is 8.28. The van der Waals surface area contributed by atoms with Crippen LogP contribution in [0.2, 0.25) is 0 Å². The summed E-state index contributed by atoms with van der Waals surface area (Å²) in [5, 5.41) is 11.6. The SMILES string of the molecule is CCOC(=O)c1ccc(N2NC(=O)/C(=C/c3ccc([N+](=O)[O-])o3)C2=O)cc1. The minimum atomic E-state index is -0.726. The van der Waals surface area contributed by atoms with Crippen molar-refractivity contribution in [3.8, 4) is 0 Å². The number of nitrogens with zero attached hydrogens (tertiary/aromatic N) is 2. The molecule has 0 saturated carbocycles. The van der Waals surface area contributed by atoms with Crippen LogP contribution in [0.1, 0.15) is 23.0 Å². The van der Waals surface area contributed by atoms with Crippen LogP contribution in [-0.2, 0) is 14.3 Å². The molecule has 0 radical (unpaired) electrons. The van der Waals surface area contributed by atoms with Crippen LogP contribution in [0, 0.1) is 10.1 Å². The monoisotopic (exact) mass is 371 g/mol. The van der Waals surface area contributed by atoms with Crippen molar-refractivity contribution in [2.24, 2.45) is 0 Å². The third-order valence-electron chi connectivity index (χ3n) is 3.61. The molecule has 1 saturated heterocycles. The molecule has 2 heterocycles. The molecular formula is C17H13N3O7. The van der Waals surface area contributed by atoms with E-state index < -0.39 is 28.6 Å². The molecule has 138 valence electrons. The Hall–Kier alpha value is -3.95. The molecule has 1 aliphatic heterocycles. The molecule has 2 aromatic rings. The van der Waals surface area contributed by atoms with Crippen molar-refractivity contribution in [2.75, 3.05) is 11.6 Å². The topological polar surface area (TPSA) is 132 Å². The average Bonchev–Trinajstić information content (AvgIpc) is 3.23. The molecule has 1 aromatic heterocycles. The molecule has 0 bridgehead atoms.